The van der Waals surface area contributed by atoms with E-state index in [1.807, 2.05) is 35.0 Å². The first-order valence-electron chi connectivity index (χ1n) is 6.74. The third-order valence-electron chi connectivity index (χ3n) is 3.24. The van der Waals surface area contributed by atoms with Crippen LogP contribution in [-0.2, 0) is 11.3 Å². The van der Waals surface area contributed by atoms with E-state index in [1.165, 1.54) is 0 Å². The second kappa shape index (κ2) is 7.01. The number of hydrogen-bond acceptors (Lipinski definition) is 4. The lowest BCUT2D eigenvalue weighted by atomic mass is 10.1. The molecule has 6 nitrogen and oxygen atoms in total. The van der Waals surface area contributed by atoms with Gasteiger partial charge >= 0.3 is 0 Å². The third kappa shape index (κ3) is 3.48. The van der Waals surface area contributed by atoms with E-state index < -0.39 is 0 Å². The van der Waals surface area contributed by atoms with E-state index in [9.17, 15) is 4.79 Å². The average Bonchev–Trinajstić information content (AvgIpc) is 3.00. The van der Waals surface area contributed by atoms with Crippen LogP contribution >= 0.6 is 0 Å². The van der Waals surface area contributed by atoms with E-state index in [0.717, 1.165) is 11.4 Å². The summed E-state index contributed by atoms with van der Waals surface area (Å²) in [6, 6.07) is 7.44. The molecule has 0 saturated carbocycles. The van der Waals surface area contributed by atoms with Crippen molar-refractivity contribution in [3.8, 4) is 5.69 Å². The summed E-state index contributed by atoms with van der Waals surface area (Å²) in [6.45, 7) is 1.42. The van der Waals surface area contributed by atoms with Gasteiger partial charge in [-0.1, -0.05) is 12.1 Å². The van der Waals surface area contributed by atoms with E-state index in [-0.39, 0.29) is 5.91 Å². The second-order valence-electron chi connectivity index (χ2n) is 4.71. The topological polar surface area (TPSA) is 73.4 Å². The van der Waals surface area contributed by atoms with E-state index in [1.54, 1.807) is 25.4 Å². The molecule has 0 radical (unpaired) electrons. The highest BCUT2D eigenvalue weighted by molar-refractivity contribution is 5.97. The maximum absolute atomic E-state index is 12.5. The van der Waals surface area contributed by atoms with E-state index in [4.69, 9.17) is 10.5 Å². The second-order valence-corrected chi connectivity index (χ2v) is 4.71. The number of imidazole rings is 1. The van der Waals surface area contributed by atoms with Crippen LogP contribution in [-0.4, -0.2) is 47.7 Å². The van der Waals surface area contributed by atoms with Crippen molar-refractivity contribution in [2.45, 2.75) is 6.54 Å². The van der Waals surface area contributed by atoms with Gasteiger partial charge in [0.15, 0.2) is 0 Å². The molecular formula is C15H20N4O2. The number of carbonyl (C=O) groups excluding carboxylic acids is 1. The predicted molar refractivity (Wildman–Crippen MR) is 80.3 cm³/mol. The standard InChI is InChI=1S/C15H20N4O2/c1-18(7-8-21-2)15(20)13-5-3-4-6-14(13)19-10-12(9-16)17-11-19/h3-6,10-11H,7-9,16H2,1-2H3. The van der Waals surface area contributed by atoms with Gasteiger partial charge in [0, 0.05) is 33.4 Å². The zero-order valence-electron chi connectivity index (χ0n) is 12.3. The highest BCUT2D eigenvalue weighted by Crippen LogP contribution is 2.16. The van der Waals surface area contributed by atoms with Gasteiger partial charge in [-0.25, -0.2) is 4.98 Å². The minimum absolute atomic E-state index is 0.0503. The summed E-state index contributed by atoms with van der Waals surface area (Å²) in [5, 5.41) is 0. The van der Waals surface area contributed by atoms with Crippen LogP contribution in [0.3, 0.4) is 0 Å². The summed E-state index contributed by atoms with van der Waals surface area (Å²) >= 11 is 0. The Hall–Kier alpha value is -2.18. The SMILES string of the molecule is COCCN(C)C(=O)c1ccccc1-n1cnc(CN)c1. The Balaban J connectivity index is 2.30. The molecular weight excluding hydrogens is 268 g/mol. The first-order valence-corrected chi connectivity index (χ1v) is 6.74. The van der Waals surface area contributed by atoms with Crippen molar-refractivity contribution in [3.05, 3.63) is 48.0 Å². The van der Waals surface area contributed by atoms with Gasteiger partial charge in [-0.2, -0.15) is 0 Å². The number of nitrogens with two attached hydrogens (primary N) is 1. The Morgan fingerprint density at radius 1 is 1.43 bits per heavy atom. The Bertz CT molecular complexity index is 609. The average molecular weight is 288 g/mol. The molecule has 1 aromatic heterocycles. The molecule has 0 aliphatic heterocycles. The largest absolute Gasteiger partial charge is 0.383 e. The van der Waals surface area contributed by atoms with Crippen molar-refractivity contribution in [3.63, 3.8) is 0 Å². The van der Waals surface area contributed by atoms with Crippen LogP contribution in [0.5, 0.6) is 0 Å². The molecule has 0 aliphatic rings. The molecule has 2 N–H and O–H groups in total. The summed E-state index contributed by atoms with van der Waals surface area (Å²) in [6.07, 6.45) is 3.50. The number of benzene rings is 1. The number of hydrogen-bond donors (Lipinski definition) is 1. The lowest BCUT2D eigenvalue weighted by Crippen LogP contribution is -2.30. The van der Waals surface area contributed by atoms with E-state index in [2.05, 4.69) is 4.98 Å². The molecule has 0 fully saturated rings. The van der Waals surface area contributed by atoms with Crippen LogP contribution in [0.25, 0.3) is 5.69 Å². The van der Waals surface area contributed by atoms with Crippen molar-refractivity contribution < 1.29 is 9.53 Å². The molecule has 21 heavy (non-hydrogen) atoms. The number of likely N-dealkylation sites (N-methyl/N-ethyl adjacent to an activating group) is 1. The highest BCUT2D eigenvalue weighted by atomic mass is 16.5. The van der Waals surface area contributed by atoms with Gasteiger partial charge in [0.05, 0.1) is 29.9 Å². The summed E-state index contributed by atoms with van der Waals surface area (Å²) in [4.78, 5) is 18.4. The van der Waals surface area contributed by atoms with Gasteiger partial charge in [-0.05, 0) is 12.1 Å². The zero-order valence-corrected chi connectivity index (χ0v) is 12.3. The van der Waals surface area contributed by atoms with Gasteiger partial charge in [-0.3, -0.25) is 4.79 Å². The quantitative estimate of drug-likeness (QED) is 0.862. The van der Waals surface area contributed by atoms with Crippen LogP contribution in [0.4, 0.5) is 0 Å². The van der Waals surface area contributed by atoms with Crippen molar-refractivity contribution in [1.29, 1.82) is 0 Å². The van der Waals surface area contributed by atoms with Gasteiger partial charge in [0.1, 0.15) is 0 Å². The van der Waals surface area contributed by atoms with E-state index >= 15 is 0 Å². The molecule has 0 aliphatic carbocycles. The minimum Gasteiger partial charge on any atom is -0.383 e. The molecule has 1 aromatic carbocycles. The van der Waals surface area contributed by atoms with Crippen molar-refractivity contribution in [2.24, 2.45) is 5.73 Å². The van der Waals surface area contributed by atoms with Crippen LogP contribution < -0.4 is 5.73 Å². The summed E-state index contributed by atoms with van der Waals surface area (Å²) in [5.74, 6) is -0.0503. The smallest absolute Gasteiger partial charge is 0.255 e. The number of methoxy groups -OCH3 is 1. The molecule has 0 atom stereocenters. The Morgan fingerprint density at radius 3 is 2.86 bits per heavy atom. The molecule has 1 heterocycles. The van der Waals surface area contributed by atoms with Crippen LogP contribution in [0, 0.1) is 0 Å². The first-order chi connectivity index (χ1) is 10.2. The Kier molecular flexibility index (Phi) is 5.08. The number of amides is 1. The number of nitrogens with zero attached hydrogens (tertiary/aromatic N) is 3. The molecule has 2 rings (SSSR count). The van der Waals surface area contributed by atoms with Crippen molar-refractivity contribution in [2.75, 3.05) is 27.3 Å². The predicted octanol–water partition coefficient (Wildman–Crippen LogP) is 1.05. The third-order valence-corrected chi connectivity index (χ3v) is 3.24. The van der Waals surface area contributed by atoms with Gasteiger partial charge in [0.2, 0.25) is 0 Å². The first kappa shape index (κ1) is 15.2. The van der Waals surface area contributed by atoms with Crippen LogP contribution in [0.15, 0.2) is 36.8 Å². The normalized spacial score (nSPS) is 10.6. The summed E-state index contributed by atoms with van der Waals surface area (Å²) < 4.78 is 6.83. The lowest BCUT2D eigenvalue weighted by Gasteiger charge is -2.18. The number of ether oxygens (including phenoxy) is 1. The fourth-order valence-electron chi connectivity index (χ4n) is 2.02. The van der Waals surface area contributed by atoms with Crippen LogP contribution in [0.2, 0.25) is 0 Å². The molecule has 1 amide bonds. The fraction of sp³-hybridized carbons (Fsp3) is 0.333. The molecule has 6 heteroatoms. The Labute approximate surface area is 124 Å². The molecule has 0 bridgehead atoms. The molecule has 2 aromatic rings. The lowest BCUT2D eigenvalue weighted by molar-refractivity contribution is 0.0744. The molecule has 0 unspecified atom stereocenters. The Morgan fingerprint density at radius 2 is 2.19 bits per heavy atom. The zero-order chi connectivity index (χ0) is 15.2. The van der Waals surface area contributed by atoms with Gasteiger partial charge in [-0.15, -0.1) is 0 Å². The molecule has 112 valence electrons. The monoisotopic (exact) mass is 288 g/mol. The number of carbonyl (C=O) groups is 1. The van der Waals surface area contributed by atoms with Crippen molar-refractivity contribution in [1.82, 2.24) is 14.5 Å². The number of para-hydroxylation sites is 1. The van der Waals surface area contributed by atoms with Gasteiger partial charge < -0.3 is 19.9 Å². The number of rotatable bonds is 6. The van der Waals surface area contributed by atoms with E-state index in [0.29, 0.717) is 25.3 Å². The minimum atomic E-state index is -0.0503. The summed E-state index contributed by atoms with van der Waals surface area (Å²) in [5.41, 5.74) is 7.77. The molecule has 0 saturated heterocycles. The highest BCUT2D eigenvalue weighted by Gasteiger charge is 2.16. The number of aromatic nitrogens is 2. The summed E-state index contributed by atoms with van der Waals surface area (Å²) in [7, 11) is 3.38. The maximum atomic E-state index is 12.5. The van der Waals surface area contributed by atoms with Crippen molar-refractivity contribution >= 4 is 5.91 Å². The van der Waals surface area contributed by atoms with Gasteiger partial charge in [0.25, 0.3) is 5.91 Å². The molecule has 0 spiro atoms. The fourth-order valence-corrected chi connectivity index (χ4v) is 2.02. The van der Waals surface area contributed by atoms with Crippen LogP contribution in [0.1, 0.15) is 16.1 Å². The maximum Gasteiger partial charge on any atom is 0.255 e.